The van der Waals surface area contributed by atoms with Gasteiger partial charge < -0.3 is 19.9 Å². The molecule has 2 saturated heterocycles. The zero-order valence-corrected chi connectivity index (χ0v) is 31.6. The Kier molecular flexibility index (Phi) is 12.2. The van der Waals surface area contributed by atoms with Crippen LogP contribution in [0.4, 0.5) is 4.79 Å². The number of rotatable bonds is 6. The molecule has 3 aliphatic heterocycles. The molecule has 49 heavy (non-hydrogen) atoms. The van der Waals surface area contributed by atoms with E-state index in [-0.39, 0.29) is 12.0 Å². The molecule has 3 aromatic rings. The topological polar surface area (TPSA) is 108 Å². The second-order valence-corrected chi connectivity index (χ2v) is 15.8. The number of fused-ring (bicyclic) bond motifs is 3. The van der Waals surface area contributed by atoms with Crippen LogP contribution in [0, 0.1) is 26.7 Å². The fourth-order valence-electron chi connectivity index (χ4n) is 6.47. The minimum Gasteiger partial charge on any atom is -0.444 e. The van der Waals surface area contributed by atoms with Crippen molar-refractivity contribution in [2.24, 2.45) is 10.9 Å². The van der Waals surface area contributed by atoms with E-state index in [0.29, 0.717) is 12.5 Å². The van der Waals surface area contributed by atoms with Gasteiger partial charge in [-0.05, 0) is 78.0 Å². The number of likely N-dealkylation sites (tertiary alicyclic amines) is 1. The van der Waals surface area contributed by atoms with Crippen LogP contribution in [0.1, 0.15) is 73.8 Å². The number of hydrogen-bond acceptors (Lipinski definition) is 9. The zero-order chi connectivity index (χ0) is 35.3. The number of halogens is 1. The van der Waals surface area contributed by atoms with Gasteiger partial charge in [-0.2, -0.15) is 0 Å². The highest BCUT2D eigenvalue weighted by molar-refractivity contribution is 7.15. The van der Waals surface area contributed by atoms with E-state index in [1.165, 1.54) is 16.0 Å². The van der Waals surface area contributed by atoms with Gasteiger partial charge in [-0.3, -0.25) is 19.3 Å². The third kappa shape index (κ3) is 9.68. The predicted octanol–water partition coefficient (Wildman–Crippen LogP) is 5.65. The van der Waals surface area contributed by atoms with Gasteiger partial charge in [0, 0.05) is 86.9 Å². The molecule has 5 heterocycles. The lowest BCUT2D eigenvalue weighted by atomic mass is 9.96. The molecule has 0 atom stereocenters. The van der Waals surface area contributed by atoms with Crippen molar-refractivity contribution in [3.05, 3.63) is 62.5 Å². The van der Waals surface area contributed by atoms with Crippen LogP contribution in [0.3, 0.4) is 0 Å². The first kappa shape index (κ1) is 36.9. The Bertz CT molecular complexity index is 1630. The summed E-state index contributed by atoms with van der Waals surface area (Å²) in [6.07, 6.45) is 1.94. The van der Waals surface area contributed by atoms with Crippen LogP contribution in [0.2, 0.25) is 5.02 Å². The number of aromatic nitrogens is 3. The molecule has 266 valence electrons. The molecule has 11 nitrogen and oxygen atoms in total. The molecule has 0 saturated carbocycles. The number of amides is 2. The summed E-state index contributed by atoms with van der Waals surface area (Å²) in [5.41, 5.74) is 4.10. The average molecular weight is 711 g/mol. The van der Waals surface area contributed by atoms with Crippen LogP contribution in [-0.2, 0) is 16.1 Å². The Morgan fingerprint density at radius 3 is 2.27 bits per heavy atom. The minimum atomic E-state index is -0.423. The lowest BCUT2D eigenvalue weighted by Gasteiger charge is -2.39. The summed E-state index contributed by atoms with van der Waals surface area (Å²) in [4.78, 5) is 36.0. The standard InChI is InChI=1S/C19H36N4O3.C17H15ClN4S/c1-16(24)20-7-10-21-11-13-22(14-12-21)15-17-5-8-23(9-6-17)18(25)26-19(2,3)4;1-9-10(2)23-17-15(9)16(12-4-6-13(18)7-5-12)19-8-14-21-20-11(3)22(14)17/h17H,5-15H2,1-4H3,(H,20,24);4-7H,8H2,1-3H3. The first-order chi connectivity index (χ1) is 23.3. The fraction of sp³-hybridized carbons (Fsp3) is 0.583. The Balaban J connectivity index is 0.000000192. The number of piperazine rings is 1. The maximum absolute atomic E-state index is 12.1. The number of aliphatic imine (C=N–C) groups is 1. The van der Waals surface area contributed by atoms with Crippen molar-refractivity contribution in [1.29, 1.82) is 0 Å². The molecule has 2 amide bonds. The molecular weight excluding hydrogens is 660 g/mol. The van der Waals surface area contributed by atoms with Crippen LogP contribution in [0.5, 0.6) is 0 Å². The Hall–Kier alpha value is -3.32. The SMILES string of the molecule is CC(=O)NCCN1CCN(CC2CCN(C(=O)OC(C)(C)C)CC2)CC1.Cc1sc2c(c1C)C(c1ccc(Cl)cc1)=NCc1nnc(C)n1-2. The van der Waals surface area contributed by atoms with Gasteiger partial charge in [0.2, 0.25) is 5.91 Å². The van der Waals surface area contributed by atoms with Gasteiger partial charge in [0.25, 0.3) is 0 Å². The van der Waals surface area contributed by atoms with E-state index < -0.39 is 5.60 Å². The number of nitrogens with zero attached hydrogens (tertiary/aromatic N) is 7. The van der Waals surface area contributed by atoms with Crippen LogP contribution in [0.15, 0.2) is 29.3 Å². The van der Waals surface area contributed by atoms with Gasteiger partial charge in [0.15, 0.2) is 5.82 Å². The number of ether oxygens (including phenoxy) is 1. The third-order valence-corrected chi connectivity index (χ3v) is 10.7. The third-order valence-electron chi connectivity index (χ3n) is 9.24. The number of nitrogens with one attached hydrogen (secondary N) is 1. The van der Waals surface area contributed by atoms with Gasteiger partial charge in [-0.25, -0.2) is 4.79 Å². The van der Waals surface area contributed by atoms with E-state index in [4.69, 9.17) is 21.3 Å². The molecule has 2 fully saturated rings. The van der Waals surface area contributed by atoms with E-state index in [9.17, 15) is 9.59 Å². The number of aryl methyl sites for hydroxylation is 2. The van der Waals surface area contributed by atoms with E-state index in [1.54, 1.807) is 18.3 Å². The summed E-state index contributed by atoms with van der Waals surface area (Å²) in [6.45, 7) is 22.8. The highest BCUT2D eigenvalue weighted by atomic mass is 35.5. The van der Waals surface area contributed by atoms with E-state index >= 15 is 0 Å². The molecule has 0 spiro atoms. The largest absolute Gasteiger partial charge is 0.444 e. The molecule has 1 aromatic carbocycles. The average Bonchev–Trinajstić information content (AvgIpc) is 3.50. The van der Waals surface area contributed by atoms with Gasteiger partial charge in [-0.15, -0.1) is 21.5 Å². The molecule has 0 unspecified atom stereocenters. The summed E-state index contributed by atoms with van der Waals surface area (Å²) < 4.78 is 7.60. The second kappa shape index (κ2) is 16.1. The Morgan fingerprint density at radius 2 is 1.63 bits per heavy atom. The summed E-state index contributed by atoms with van der Waals surface area (Å²) in [5.74, 6) is 2.49. The molecule has 0 aliphatic carbocycles. The smallest absolute Gasteiger partial charge is 0.410 e. The normalized spacial score (nSPS) is 17.3. The number of carbonyl (C=O) groups is 2. The van der Waals surface area contributed by atoms with Crippen molar-refractivity contribution in [1.82, 2.24) is 34.8 Å². The summed E-state index contributed by atoms with van der Waals surface area (Å²) in [7, 11) is 0. The van der Waals surface area contributed by atoms with Crippen molar-refractivity contribution in [2.75, 3.05) is 58.9 Å². The Morgan fingerprint density at radius 1 is 0.980 bits per heavy atom. The van der Waals surface area contributed by atoms with Gasteiger partial charge in [-0.1, -0.05) is 23.7 Å². The lowest BCUT2D eigenvalue weighted by molar-refractivity contribution is -0.119. The monoisotopic (exact) mass is 710 g/mol. The van der Waals surface area contributed by atoms with Crippen molar-refractivity contribution >= 4 is 40.6 Å². The molecular formula is C36H51ClN8O3S. The predicted molar refractivity (Wildman–Crippen MR) is 196 cm³/mol. The molecule has 13 heteroatoms. The molecule has 0 bridgehead atoms. The zero-order valence-electron chi connectivity index (χ0n) is 30.0. The molecule has 6 rings (SSSR count). The molecule has 1 N–H and O–H groups in total. The maximum Gasteiger partial charge on any atom is 0.410 e. The molecule has 2 aromatic heterocycles. The number of hydrogen-bond donors (Lipinski definition) is 1. The van der Waals surface area contributed by atoms with Crippen LogP contribution in [-0.4, -0.2) is 112 Å². The fourth-order valence-corrected chi connectivity index (χ4v) is 7.82. The van der Waals surface area contributed by atoms with Gasteiger partial charge in [0.1, 0.15) is 23.0 Å². The summed E-state index contributed by atoms with van der Waals surface area (Å²) in [5, 5.41) is 13.3. The lowest BCUT2D eigenvalue weighted by Crippen LogP contribution is -2.50. The van der Waals surface area contributed by atoms with Crippen molar-refractivity contribution < 1.29 is 14.3 Å². The van der Waals surface area contributed by atoms with Crippen molar-refractivity contribution in [3.8, 4) is 5.00 Å². The Labute approximate surface area is 299 Å². The van der Waals surface area contributed by atoms with E-state index in [2.05, 4.69) is 43.7 Å². The quantitative estimate of drug-likeness (QED) is 0.353. The highest BCUT2D eigenvalue weighted by Gasteiger charge is 2.29. The number of benzene rings is 1. The molecule has 0 radical (unpaired) electrons. The number of thiophene rings is 1. The van der Waals surface area contributed by atoms with Crippen LogP contribution >= 0.6 is 22.9 Å². The first-order valence-electron chi connectivity index (χ1n) is 17.3. The van der Waals surface area contributed by atoms with Gasteiger partial charge >= 0.3 is 6.09 Å². The number of carbonyl (C=O) groups excluding carboxylic acids is 2. The minimum absolute atomic E-state index is 0.0429. The summed E-state index contributed by atoms with van der Waals surface area (Å²) >= 11 is 7.80. The van der Waals surface area contributed by atoms with Crippen LogP contribution < -0.4 is 5.32 Å². The highest BCUT2D eigenvalue weighted by Crippen LogP contribution is 2.36. The van der Waals surface area contributed by atoms with Crippen LogP contribution in [0.25, 0.3) is 5.00 Å². The van der Waals surface area contributed by atoms with E-state index in [1.807, 2.05) is 56.9 Å². The number of piperidine rings is 1. The van der Waals surface area contributed by atoms with Crippen molar-refractivity contribution in [2.45, 2.75) is 73.5 Å². The summed E-state index contributed by atoms with van der Waals surface area (Å²) in [6, 6.07) is 7.86. The second-order valence-electron chi connectivity index (χ2n) is 14.2. The van der Waals surface area contributed by atoms with Gasteiger partial charge in [0.05, 0.1) is 5.71 Å². The van der Waals surface area contributed by atoms with Crippen molar-refractivity contribution in [3.63, 3.8) is 0 Å². The molecule has 3 aliphatic rings. The maximum atomic E-state index is 12.1. The van der Waals surface area contributed by atoms with E-state index in [0.717, 1.165) is 105 Å². The first-order valence-corrected chi connectivity index (χ1v) is 18.5.